The van der Waals surface area contributed by atoms with Gasteiger partial charge in [-0.1, -0.05) is 20.3 Å². The summed E-state index contributed by atoms with van der Waals surface area (Å²) in [6, 6.07) is -0.126. The molecule has 0 aromatic heterocycles. The fraction of sp³-hybridized carbons (Fsp3) is 0.923. The molecular formula is C13H24N2O3S. The summed E-state index contributed by atoms with van der Waals surface area (Å²) in [5.41, 5.74) is 0. The van der Waals surface area contributed by atoms with Crippen LogP contribution in [0.3, 0.4) is 0 Å². The normalized spacial score (nSPS) is 34.1. The molecule has 2 aliphatic heterocycles. The molecule has 0 saturated carbocycles. The van der Waals surface area contributed by atoms with Gasteiger partial charge in [-0.3, -0.25) is 10.1 Å². The quantitative estimate of drug-likeness (QED) is 0.816. The van der Waals surface area contributed by atoms with Gasteiger partial charge in [0.1, 0.15) is 0 Å². The van der Waals surface area contributed by atoms with Crippen molar-refractivity contribution in [3.05, 3.63) is 0 Å². The molecule has 6 heteroatoms. The molecule has 2 fully saturated rings. The number of hydrogen-bond acceptors (Lipinski definition) is 4. The maximum absolute atomic E-state index is 12.3. The number of carbonyl (C=O) groups is 1. The summed E-state index contributed by atoms with van der Waals surface area (Å²) in [7, 11) is -2.98. The Morgan fingerprint density at radius 3 is 2.63 bits per heavy atom. The van der Waals surface area contributed by atoms with Crippen LogP contribution in [0.1, 0.15) is 46.0 Å². The van der Waals surface area contributed by atoms with Crippen molar-refractivity contribution in [2.45, 2.75) is 63.4 Å². The standard InChI is InChI=1S/C13H24N2O3S/c1-3-6-11-13(16)15(12(4-2)14-11)9-10-7-5-8-19(10,17)18/h10-12,14H,3-9H2,1-2H3. The van der Waals surface area contributed by atoms with Crippen molar-refractivity contribution >= 4 is 15.7 Å². The minimum absolute atomic E-state index is 0.000139. The van der Waals surface area contributed by atoms with E-state index in [1.807, 2.05) is 6.92 Å². The third-order valence-corrected chi connectivity index (χ3v) is 6.44. The van der Waals surface area contributed by atoms with E-state index in [-0.39, 0.29) is 29.1 Å². The van der Waals surface area contributed by atoms with E-state index < -0.39 is 9.84 Å². The molecule has 1 N–H and O–H groups in total. The fourth-order valence-electron chi connectivity index (χ4n) is 3.08. The molecule has 110 valence electrons. The van der Waals surface area contributed by atoms with Crippen LogP contribution in [0.15, 0.2) is 0 Å². The van der Waals surface area contributed by atoms with Gasteiger partial charge < -0.3 is 4.90 Å². The van der Waals surface area contributed by atoms with Crippen molar-refractivity contribution in [3.63, 3.8) is 0 Å². The van der Waals surface area contributed by atoms with Gasteiger partial charge in [0.15, 0.2) is 9.84 Å². The number of nitrogens with zero attached hydrogens (tertiary/aromatic N) is 1. The van der Waals surface area contributed by atoms with Gasteiger partial charge in [-0.15, -0.1) is 0 Å². The van der Waals surface area contributed by atoms with E-state index in [2.05, 4.69) is 12.2 Å². The van der Waals surface area contributed by atoms with Crippen molar-refractivity contribution < 1.29 is 13.2 Å². The Hall–Kier alpha value is -0.620. The lowest BCUT2D eigenvalue weighted by molar-refractivity contribution is -0.130. The molecule has 5 nitrogen and oxygen atoms in total. The molecule has 2 rings (SSSR count). The Bertz CT molecular complexity index is 435. The van der Waals surface area contributed by atoms with E-state index in [1.54, 1.807) is 4.90 Å². The molecule has 3 unspecified atom stereocenters. The molecule has 1 amide bonds. The van der Waals surface area contributed by atoms with Crippen LogP contribution in [0.2, 0.25) is 0 Å². The van der Waals surface area contributed by atoms with Gasteiger partial charge in [-0.2, -0.15) is 0 Å². The van der Waals surface area contributed by atoms with E-state index in [4.69, 9.17) is 0 Å². The minimum Gasteiger partial charge on any atom is -0.325 e. The molecule has 2 aliphatic rings. The second-order valence-electron chi connectivity index (χ2n) is 5.55. The lowest BCUT2D eigenvalue weighted by Crippen LogP contribution is -2.42. The van der Waals surface area contributed by atoms with Gasteiger partial charge in [0.2, 0.25) is 5.91 Å². The largest absolute Gasteiger partial charge is 0.325 e. The number of nitrogens with one attached hydrogen (secondary N) is 1. The van der Waals surface area contributed by atoms with E-state index in [1.165, 1.54) is 0 Å². The number of rotatable bonds is 5. The van der Waals surface area contributed by atoms with Crippen molar-refractivity contribution in [2.75, 3.05) is 12.3 Å². The van der Waals surface area contributed by atoms with Crippen LogP contribution in [0.4, 0.5) is 0 Å². The van der Waals surface area contributed by atoms with Crippen LogP contribution in [-0.4, -0.2) is 49.0 Å². The fourth-order valence-corrected chi connectivity index (χ4v) is 4.90. The van der Waals surface area contributed by atoms with Crippen LogP contribution < -0.4 is 5.32 Å². The molecule has 0 aromatic carbocycles. The summed E-state index contributed by atoms with van der Waals surface area (Å²) in [4.78, 5) is 14.1. The van der Waals surface area contributed by atoms with Crippen molar-refractivity contribution in [1.82, 2.24) is 10.2 Å². The summed E-state index contributed by atoms with van der Waals surface area (Å²) in [6.07, 6.45) is 4.02. The minimum atomic E-state index is -2.98. The third-order valence-electron chi connectivity index (χ3n) is 4.18. The predicted octanol–water partition coefficient (Wildman–Crippen LogP) is 0.900. The van der Waals surface area contributed by atoms with Crippen LogP contribution in [0, 0.1) is 0 Å². The molecule has 3 atom stereocenters. The highest BCUT2D eigenvalue weighted by Gasteiger charge is 2.41. The molecule has 2 heterocycles. The second kappa shape index (κ2) is 5.79. The van der Waals surface area contributed by atoms with E-state index in [0.717, 1.165) is 25.7 Å². The Morgan fingerprint density at radius 1 is 1.37 bits per heavy atom. The van der Waals surface area contributed by atoms with E-state index >= 15 is 0 Å². The molecule has 0 aromatic rings. The maximum Gasteiger partial charge on any atom is 0.241 e. The molecule has 0 aliphatic carbocycles. The Kier molecular flexibility index (Phi) is 4.50. The molecule has 0 bridgehead atoms. The smallest absolute Gasteiger partial charge is 0.241 e. The van der Waals surface area contributed by atoms with Gasteiger partial charge in [-0.25, -0.2) is 8.42 Å². The number of sulfone groups is 1. The highest BCUT2D eigenvalue weighted by molar-refractivity contribution is 7.92. The predicted molar refractivity (Wildman–Crippen MR) is 74.4 cm³/mol. The average molecular weight is 288 g/mol. The third kappa shape index (κ3) is 2.94. The number of amides is 1. The average Bonchev–Trinajstić information content (AvgIpc) is 2.84. The zero-order chi connectivity index (χ0) is 14.0. The van der Waals surface area contributed by atoms with Gasteiger partial charge in [0.05, 0.1) is 23.2 Å². The molecule has 19 heavy (non-hydrogen) atoms. The molecule has 0 radical (unpaired) electrons. The summed E-state index contributed by atoms with van der Waals surface area (Å²) < 4.78 is 23.8. The van der Waals surface area contributed by atoms with Crippen molar-refractivity contribution in [3.8, 4) is 0 Å². The number of hydrogen-bond donors (Lipinski definition) is 1. The lowest BCUT2D eigenvalue weighted by atomic mass is 10.1. The summed E-state index contributed by atoms with van der Waals surface area (Å²) in [5, 5.41) is 2.97. The molecule has 2 saturated heterocycles. The SMILES string of the molecule is CCCC1NC(CC)N(CC2CCCS2(=O)=O)C1=O. The van der Waals surface area contributed by atoms with Crippen LogP contribution in [0.25, 0.3) is 0 Å². The first kappa shape index (κ1) is 14.8. The number of carbonyl (C=O) groups excluding carboxylic acids is 1. The van der Waals surface area contributed by atoms with Crippen LogP contribution >= 0.6 is 0 Å². The summed E-state index contributed by atoms with van der Waals surface area (Å²) in [5.74, 6) is 0.360. The van der Waals surface area contributed by atoms with Crippen LogP contribution in [-0.2, 0) is 14.6 Å². The first-order chi connectivity index (χ1) is 8.99. The maximum atomic E-state index is 12.3. The zero-order valence-electron chi connectivity index (χ0n) is 11.8. The van der Waals surface area contributed by atoms with Gasteiger partial charge in [0, 0.05) is 6.54 Å². The van der Waals surface area contributed by atoms with Crippen molar-refractivity contribution in [1.29, 1.82) is 0 Å². The van der Waals surface area contributed by atoms with Crippen molar-refractivity contribution in [2.24, 2.45) is 0 Å². The van der Waals surface area contributed by atoms with Crippen LogP contribution in [0.5, 0.6) is 0 Å². The van der Waals surface area contributed by atoms with Gasteiger partial charge in [-0.05, 0) is 25.7 Å². The highest BCUT2D eigenvalue weighted by atomic mass is 32.2. The lowest BCUT2D eigenvalue weighted by Gasteiger charge is -2.25. The Labute approximate surface area is 115 Å². The highest BCUT2D eigenvalue weighted by Crippen LogP contribution is 2.24. The monoisotopic (exact) mass is 288 g/mol. The molecular weight excluding hydrogens is 264 g/mol. The molecule has 0 spiro atoms. The Morgan fingerprint density at radius 2 is 2.11 bits per heavy atom. The summed E-state index contributed by atoms with van der Waals surface area (Å²) >= 11 is 0. The topological polar surface area (TPSA) is 66.5 Å². The van der Waals surface area contributed by atoms with Gasteiger partial charge >= 0.3 is 0 Å². The first-order valence-electron chi connectivity index (χ1n) is 7.27. The first-order valence-corrected chi connectivity index (χ1v) is 8.99. The second-order valence-corrected chi connectivity index (χ2v) is 7.95. The van der Waals surface area contributed by atoms with Gasteiger partial charge in [0.25, 0.3) is 0 Å². The zero-order valence-corrected chi connectivity index (χ0v) is 12.6. The van der Waals surface area contributed by atoms with E-state index in [9.17, 15) is 13.2 Å². The van der Waals surface area contributed by atoms with E-state index in [0.29, 0.717) is 13.0 Å². The summed E-state index contributed by atoms with van der Waals surface area (Å²) in [6.45, 7) is 4.45. The Balaban J connectivity index is 2.07.